The minimum absolute atomic E-state index is 0.0159. The van der Waals surface area contributed by atoms with Crippen LogP contribution in [0.2, 0.25) is 5.02 Å². The summed E-state index contributed by atoms with van der Waals surface area (Å²) in [6.45, 7) is -4.30. The lowest BCUT2D eigenvalue weighted by Gasteiger charge is -2.32. The van der Waals surface area contributed by atoms with Gasteiger partial charge in [0.2, 0.25) is 4.62 Å². The molecule has 0 saturated heterocycles. The van der Waals surface area contributed by atoms with Gasteiger partial charge < -0.3 is 17.6 Å². The third-order valence-electron chi connectivity index (χ3n) is 4.43. The molecule has 0 bridgehead atoms. The first-order valence-electron chi connectivity index (χ1n) is 7.54. The predicted molar refractivity (Wildman–Crippen MR) is 101 cm³/mol. The number of hydrogen-bond donors (Lipinski definition) is 0. The second-order valence-electron chi connectivity index (χ2n) is 5.97. The van der Waals surface area contributed by atoms with Gasteiger partial charge in [-0.1, -0.05) is 17.7 Å². The average molecular weight is 528 g/mol. The number of alkyl halides is 3. The van der Waals surface area contributed by atoms with Crippen molar-refractivity contribution < 1.29 is 26.3 Å². The zero-order valence-corrected chi connectivity index (χ0v) is 17.0. The second-order valence-corrected chi connectivity index (χ2v) is 8.03. The van der Waals surface area contributed by atoms with Crippen LogP contribution in [0.5, 0.6) is 0 Å². The molecule has 2 aliphatic rings. The molecule has 0 N–H and O–H groups in total. The van der Waals surface area contributed by atoms with E-state index in [0.717, 1.165) is 6.07 Å². The smallest absolute Gasteiger partial charge is 0.389 e. The van der Waals surface area contributed by atoms with Gasteiger partial charge in [0.15, 0.2) is 5.70 Å². The lowest BCUT2D eigenvalue weighted by Crippen LogP contribution is -2.50. The van der Waals surface area contributed by atoms with Crippen molar-refractivity contribution in [2.24, 2.45) is 0 Å². The van der Waals surface area contributed by atoms with E-state index in [0.29, 0.717) is 8.96 Å². The van der Waals surface area contributed by atoms with Gasteiger partial charge in [0.1, 0.15) is 0 Å². The summed E-state index contributed by atoms with van der Waals surface area (Å²) in [6, 6.07) is 6.06. The Morgan fingerprint density at radius 3 is 2.41 bits per heavy atom. The van der Waals surface area contributed by atoms with E-state index in [1.165, 1.54) is 36.4 Å². The maximum Gasteiger partial charge on any atom is 0.738 e. The van der Waals surface area contributed by atoms with Crippen molar-refractivity contribution in [1.29, 1.82) is 0 Å². The fraction of sp³-hybridized carbons (Fsp3) is 0.0625. The first-order valence-corrected chi connectivity index (χ1v) is 9.50. The summed E-state index contributed by atoms with van der Waals surface area (Å²) in [5, 5.41) is -0.0924. The lowest BCUT2D eigenvalue weighted by atomic mass is 9.85. The molecule has 0 saturated carbocycles. The van der Waals surface area contributed by atoms with Crippen LogP contribution < -0.4 is 0 Å². The minimum Gasteiger partial charge on any atom is -0.389 e. The summed E-state index contributed by atoms with van der Waals surface area (Å²) in [7, 11) is 0. The molecule has 0 unspecified atom stereocenters. The molecule has 1 aromatic carbocycles. The van der Waals surface area contributed by atoms with Gasteiger partial charge in [-0.25, -0.2) is 0 Å². The molecule has 2 aliphatic heterocycles. The van der Waals surface area contributed by atoms with E-state index in [9.17, 15) is 13.2 Å². The molecular weight excluding hydrogens is 521 g/mol. The Morgan fingerprint density at radius 1 is 1.04 bits per heavy atom. The van der Waals surface area contributed by atoms with E-state index >= 15 is 8.63 Å². The summed E-state index contributed by atoms with van der Waals surface area (Å²) >= 11 is 11.9. The lowest BCUT2D eigenvalue weighted by molar-refractivity contribution is -0.358. The highest BCUT2D eigenvalue weighted by Crippen LogP contribution is 2.45. The van der Waals surface area contributed by atoms with E-state index < -0.39 is 18.7 Å². The first kappa shape index (κ1) is 19.0. The molecule has 2 aromatic rings. The number of halogens is 8. The third-order valence-corrected chi connectivity index (χ3v) is 5.95. The molecule has 0 amide bonds. The maximum atomic E-state index is 15.1. The summed E-state index contributed by atoms with van der Waals surface area (Å²) in [6.07, 6.45) is -1.95. The fourth-order valence-electron chi connectivity index (χ4n) is 3.38. The Hall–Kier alpha value is -1.39. The van der Waals surface area contributed by atoms with Crippen molar-refractivity contribution in [3.8, 4) is 0 Å². The van der Waals surface area contributed by atoms with E-state index in [1.54, 1.807) is 0 Å². The average Bonchev–Trinajstić information content (AvgIpc) is 3.13. The number of allylic oxidation sites excluding steroid dienone is 2. The van der Waals surface area contributed by atoms with Crippen molar-refractivity contribution in [2.45, 2.75) is 6.18 Å². The molecule has 27 heavy (non-hydrogen) atoms. The van der Waals surface area contributed by atoms with Crippen molar-refractivity contribution in [3.05, 3.63) is 74.6 Å². The van der Waals surface area contributed by atoms with Gasteiger partial charge >= 0.3 is 13.1 Å². The number of rotatable bonds is 1. The highest BCUT2D eigenvalue weighted by Gasteiger charge is 2.54. The first-order chi connectivity index (χ1) is 12.5. The van der Waals surface area contributed by atoms with Crippen LogP contribution in [0.1, 0.15) is 16.8 Å². The van der Waals surface area contributed by atoms with Crippen LogP contribution >= 0.6 is 43.5 Å². The molecule has 0 atom stereocenters. The van der Waals surface area contributed by atoms with E-state index in [1.807, 2.05) is 0 Å². The predicted octanol–water partition coefficient (Wildman–Crippen LogP) is 6.29. The fourth-order valence-corrected chi connectivity index (χ4v) is 4.69. The van der Waals surface area contributed by atoms with Crippen LogP contribution in [0.3, 0.4) is 0 Å². The van der Waals surface area contributed by atoms with Crippen LogP contribution in [0.25, 0.3) is 5.57 Å². The Kier molecular flexibility index (Phi) is 4.25. The zero-order valence-electron chi connectivity index (χ0n) is 13.0. The molecule has 140 valence electrons. The van der Waals surface area contributed by atoms with Gasteiger partial charge in [-0.3, -0.25) is 0 Å². The molecule has 0 radical (unpaired) electrons. The Labute approximate surface area is 171 Å². The topological polar surface area (TPSA) is 7.94 Å². The van der Waals surface area contributed by atoms with Gasteiger partial charge in [-0.2, -0.15) is 13.2 Å². The van der Waals surface area contributed by atoms with Gasteiger partial charge in [0.05, 0.1) is 15.7 Å². The minimum atomic E-state index is -4.71. The Bertz CT molecular complexity index is 1080. The summed E-state index contributed by atoms with van der Waals surface area (Å²) in [5.74, 6) is 0. The molecule has 0 fully saturated rings. The molecule has 1 aromatic heterocycles. The Balaban J connectivity index is 2.13. The zero-order chi connectivity index (χ0) is 19.7. The summed E-state index contributed by atoms with van der Waals surface area (Å²) < 4.78 is 72.8. The molecule has 11 heteroatoms. The highest BCUT2D eigenvalue weighted by atomic mass is 79.9. The monoisotopic (exact) mass is 526 g/mol. The van der Waals surface area contributed by atoms with Gasteiger partial charge in [-0.15, -0.1) is 0 Å². The molecule has 4 rings (SSSR count). The van der Waals surface area contributed by atoms with Gasteiger partial charge in [0.25, 0.3) is 0 Å². The van der Waals surface area contributed by atoms with Crippen molar-refractivity contribution in [3.63, 3.8) is 0 Å². The van der Waals surface area contributed by atoms with E-state index in [4.69, 9.17) is 11.6 Å². The van der Waals surface area contributed by atoms with E-state index in [-0.39, 0.29) is 36.8 Å². The van der Waals surface area contributed by atoms with Crippen LogP contribution in [0.15, 0.2) is 52.8 Å². The number of benzene rings is 1. The van der Waals surface area contributed by atoms with Crippen LogP contribution in [0, 0.1) is 0 Å². The number of fused-ring (bicyclic) bond motifs is 2. The van der Waals surface area contributed by atoms with Crippen molar-refractivity contribution >= 4 is 60.6 Å². The molecule has 0 spiro atoms. The van der Waals surface area contributed by atoms with E-state index in [2.05, 4.69) is 31.9 Å². The normalized spacial score (nSPS) is 18.2. The second kappa shape index (κ2) is 6.05. The molecular formula is C16H7BBr2ClF5N2. The quantitative estimate of drug-likeness (QED) is 0.304. The Morgan fingerprint density at radius 2 is 1.74 bits per heavy atom. The van der Waals surface area contributed by atoms with Crippen molar-refractivity contribution in [1.82, 2.24) is 4.48 Å². The number of aromatic nitrogens is 1. The molecule has 2 nitrogen and oxygen atoms in total. The third kappa shape index (κ3) is 2.75. The standard InChI is InChI=1S/C16H7BBr2ClF5N2/c18-13-5-3-11-15(9-2-1-8(20)7-10(9)16(21,22)23)12-4-6-14(19)27(12)17(24,25)26(11)13/h1-7H. The largest absolute Gasteiger partial charge is 0.738 e. The summed E-state index contributed by atoms with van der Waals surface area (Å²) in [5.41, 5.74) is -1.20. The molecule has 0 aliphatic carbocycles. The summed E-state index contributed by atoms with van der Waals surface area (Å²) in [4.78, 5) is 0. The number of hydrogen-bond acceptors (Lipinski definition) is 0. The van der Waals surface area contributed by atoms with Crippen molar-refractivity contribution in [2.75, 3.05) is 0 Å². The van der Waals surface area contributed by atoms with Crippen LogP contribution in [-0.4, -0.2) is 20.6 Å². The highest BCUT2D eigenvalue weighted by molar-refractivity contribution is 9.18. The maximum absolute atomic E-state index is 15.1. The number of nitrogens with zero attached hydrogens (tertiary/aromatic N) is 2. The van der Waals surface area contributed by atoms with Gasteiger partial charge in [-0.05, 0) is 40.2 Å². The SMILES string of the molecule is F[B-]1(F)n2c(Br)ccc2C(c2ccc(Cl)cc2C(F)(F)F)=C2C=CC(Br)=[N+]21. The molecule has 3 heterocycles. The van der Waals surface area contributed by atoms with Gasteiger partial charge in [0, 0.05) is 44.4 Å². The van der Waals surface area contributed by atoms with Crippen LogP contribution in [-0.2, 0) is 6.18 Å². The van der Waals surface area contributed by atoms with Crippen LogP contribution in [0.4, 0.5) is 21.8 Å².